The Labute approximate surface area is 137 Å². The van der Waals surface area contributed by atoms with E-state index in [1.54, 1.807) is 14.1 Å². The van der Waals surface area contributed by atoms with Crippen LogP contribution in [-0.4, -0.2) is 72.7 Å². The molecule has 8 heteroatoms. The molecule has 2 aliphatic heterocycles. The summed E-state index contributed by atoms with van der Waals surface area (Å²) in [6.07, 6.45) is 0.720. The molecule has 2 unspecified atom stereocenters. The van der Waals surface area contributed by atoms with Gasteiger partial charge in [-0.1, -0.05) is 13.8 Å². The summed E-state index contributed by atoms with van der Waals surface area (Å²) >= 11 is 0. The van der Waals surface area contributed by atoms with E-state index in [2.05, 4.69) is 10.6 Å². The molecule has 0 aromatic carbocycles. The standard InChI is InChI=1S/C7H12N2O2.C6H10N2O2.C2H6/c1-5(10)6-3-4-8-7(11)9(6)2;1-4(9)5-3-7-6(10)8(5)2;1-2/h6H,3-4H2,1-2H3,(H,8,11);5H,3H2,1-2H3,(H,7,10);1-2H3. The van der Waals surface area contributed by atoms with Crippen molar-refractivity contribution >= 4 is 23.6 Å². The summed E-state index contributed by atoms with van der Waals surface area (Å²) in [5.74, 6) is 0.0863. The van der Waals surface area contributed by atoms with Crippen LogP contribution in [-0.2, 0) is 9.59 Å². The molecule has 0 spiro atoms. The first-order valence-electron chi connectivity index (χ1n) is 7.78. The quantitative estimate of drug-likeness (QED) is 0.776. The number of likely N-dealkylation sites (N-methyl/N-ethyl adjacent to an activating group) is 2. The summed E-state index contributed by atoms with van der Waals surface area (Å²) in [6.45, 7) is 8.05. The number of carbonyl (C=O) groups excluding carboxylic acids is 4. The van der Waals surface area contributed by atoms with Gasteiger partial charge in [0.25, 0.3) is 0 Å². The third kappa shape index (κ3) is 5.88. The Morgan fingerprint density at radius 2 is 1.35 bits per heavy atom. The normalized spacial score (nSPS) is 22.9. The molecule has 0 aromatic rings. The van der Waals surface area contributed by atoms with Crippen molar-refractivity contribution in [3.05, 3.63) is 0 Å². The molecule has 2 rings (SSSR count). The number of hydrogen-bond acceptors (Lipinski definition) is 4. The summed E-state index contributed by atoms with van der Waals surface area (Å²) < 4.78 is 0. The molecule has 0 radical (unpaired) electrons. The molecule has 0 aliphatic carbocycles. The van der Waals surface area contributed by atoms with E-state index in [4.69, 9.17) is 0 Å². The van der Waals surface area contributed by atoms with Crippen molar-refractivity contribution in [1.29, 1.82) is 0 Å². The van der Waals surface area contributed by atoms with Crippen LogP contribution in [0.25, 0.3) is 0 Å². The second kappa shape index (κ2) is 9.81. The van der Waals surface area contributed by atoms with Gasteiger partial charge in [-0.2, -0.15) is 0 Å². The van der Waals surface area contributed by atoms with Crippen LogP contribution >= 0.6 is 0 Å². The first kappa shape index (κ1) is 20.9. The Morgan fingerprint density at radius 3 is 1.65 bits per heavy atom. The van der Waals surface area contributed by atoms with E-state index >= 15 is 0 Å². The number of rotatable bonds is 2. The molecule has 2 aliphatic rings. The fourth-order valence-electron chi connectivity index (χ4n) is 2.26. The minimum absolute atomic E-state index is 0.0286. The third-order valence-electron chi connectivity index (χ3n) is 3.65. The van der Waals surface area contributed by atoms with Gasteiger partial charge >= 0.3 is 12.1 Å². The molecule has 2 heterocycles. The topological polar surface area (TPSA) is 98.8 Å². The molecule has 0 aromatic heterocycles. The van der Waals surface area contributed by atoms with Crippen LogP contribution < -0.4 is 10.6 Å². The van der Waals surface area contributed by atoms with Crippen LogP contribution in [0.3, 0.4) is 0 Å². The van der Waals surface area contributed by atoms with Gasteiger partial charge in [0, 0.05) is 27.2 Å². The maximum atomic E-state index is 11.0. The van der Waals surface area contributed by atoms with Crippen LogP contribution in [0.5, 0.6) is 0 Å². The van der Waals surface area contributed by atoms with Crippen LogP contribution in [0.15, 0.2) is 0 Å². The predicted octanol–water partition coefficient (Wildman–Crippen LogP) is 0.614. The van der Waals surface area contributed by atoms with E-state index in [1.807, 2.05) is 13.8 Å². The van der Waals surface area contributed by atoms with Crippen LogP contribution in [0.1, 0.15) is 34.1 Å². The molecule has 2 saturated heterocycles. The van der Waals surface area contributed by atoms with Crippen LogP contribution in [0, 0.1) is 0 Å². The first-order chi connectivity index (χ1) is 10.8. The fourth-order valence-corrected chi connectivity index (χ4v) is 2.26. The van der Waals surface area contributed by atoms with E-state index < -0.39 is 0 Å². The molecule has 23 heavy (non-hydrogen) atoms. The molecular weight excluding hydrogens is 300 g/mol. The highest BCUT2D eigenvalue weighted by Gasteiger charge is 2.30. The molecule has 8 nitrogen and oxygen atoms in total. The largest absolute Gasteiger partial charge is 0.338 e. The van der Waals surface area contributed by atoms with Gasteiger partial charge in [-0.25, -0.2) is 9.59 Å². The predicted molar refractivity (Wildman–Crippen MR) is 87.2 cm³/mol. The van der Waals surface area contributed by atoms with Crippen molar-refractivity contribution in [1.82, 2.24) is 20.4 Å². The van der Waals surface area contributed by atoms with E-state index in [1.165, 1.54) is 23.6 Å². The zero-order valence-corrected chi connectivity index (χ0v) is 14.8. The maximum Gasteiger partial charge on any atom is 0.317 e. The minimum atomic E-state index is -0.257. The molecule has 2 atom stereocenters. The van der Waals surface area contributed by atoms with Crippen LogP contribution in [0.4, 0.5) is 9.59 Å². The number of Topliss-reactive ketones (excluding diaryl/α,β-unsaturated/α-hetero) is 2. The highest BCUT2D eigenvalue weighted by atomic mass is 16.2. The lowest BCUT2D eigenvalue weighted by Crippen LogP contribution is -2.52. The van der Waals surface area contributed by atoms with Gasteiger partial charge in [-0.15, -0.1) is 0 Å². The number of hydrogen-bond donors (Lipinski definition) is 2. The average Bonchev–Trinajstić information content (AvgIpc) is 2.84. The molecule has 4 amide bonds. The lowest BCUT2D eigenvalue weighted by molar-refractivity contribution is -0.121. The number of nitrogens with one attached hydrogen (secondary N) is 2. The zero-order chi connectivity index (χ0) is 18.2. The monoisotopic (exact) mass is 328 g/mol. The molecule has 132 valence electrons. The van der Waals surface area contributed by atoms with Gasteiger partial charge in [0.2, 0.25) is 0 Å². The number of urea groups is 2. The van der Waals surface area contributed by atoms with Crippen molar-refractivity contribution in [2.45, 2.75) is 46.2 Å². The Bertz CT molecular complexity index is 453. The highest BCUT2D eigenvalue weighted by molar-refractivity contribution is 5.90. The van der Waals surface area contributed by atoms with Crippen LogP contribution in [0.2, 0.25) is 0 Å². The Hall–Kier alpha value is -2.12. The van der Waals surface area contributed by atoms with E-state index in [0.29, 0.717) is 13.1 Å². The highest BCUT2D eigenvalue weighted by Crippen LogP contribution is 2.07. The Morgan fingerprint density at radius 1 is 0.913 bits per heavy atom. The molecular formula is C15H28N4O4. The Kier molecular flexibility index (Phi) is 8.90. The second-order valence-corrected chi connectivity index (χ2v) is 5.18. The molecule has 2 N–H and O–H groups in total. The lowest BCUT2D eigenvalue weighted by Gasteiger charge is -2.30. The van der Waals surface area contributed by atoms with Gasteiger partial charge < -0.3 is 20.4 Å². The number of ketones is 2. The van der Waals surface area contributed by atoms with Crippen molar-refractivity contribution in [2.75, 3.05) is 27.2 Å². The van der Waals surface area contributed by atoms with Gasteiger partial charge in [-0.05, 0) is 20.3 Å². The summed E-state index contributed by atoms with van der Waals surface area (Å²) in [7, 11) is 3.26. The van der Waals surface area contributed by atoms with E-state index in [9.17, 15) is 19.2 Å². The van der Waals surface area contributed by atoms with Crippen molar-refractivity contribution < 1.29 is 19.2 Å². The van der Waals surface area contributed by atoms with Crippen molar-refractivity contribution in [3.63, 3.8) is 0 Å². The number of carbonyl (C=O) groups is 4. The van der Waals surface area contributed by atoms with E-state index in [0.717, 1.165) is 6.42 Å². The Balaban J connectivity index is 0.000000381. The van der Waals surface area contributed by atoms with Gasteiger partial charge in [-0.3, -0.25) is 9.59 Å². The van der Waals surface area contributed by atoms with Gasteiger partial charge in [0.15, 0.2) is 11.6 Å². The fraction of sp³-hybridized carbons (Fsp3) is 0.733. The zero-order valence-electron chi connectivity index (χ0n) is 14.8. The summed E-state index contributed by atoms with van der Waals surface area (Å²) in [5, 5.41) is 5.22. The average molecular weight is 328 g/mol. The first-order valence-corrected chi connectivity index (χ1v) is 7.78. The van der Waals surface area contributed by atoms with Gasteiger partial charge in [0.1, 0.15) is 6.04 Å². The van der Waals surface area contributed by atoms with Gasteiger partial charge in [0.05, 0.1) is 6.04 Å². The molecule has 2 fully saturated rings. The minimum Gasteiger partial charge on any atom is -0.338 e. The summed E-state index contributed by atoms with van der Waals surface area (Å²) in [5.41, 5.74) is 0. The lowest BCUT2D eigenvalue weighted by atomic mass is 10.1. The summed E-state index contributed by atoms with van der Waals surface area (Å²) in [4.78, 5) is 46.3. The van der Waals surface area contributed by atoms with Crippen molar-refractivity contribution in [3.8, 4) is 0 Å². The summed E-state index contributed by atoms with van der Waals surface area (Å²) in [6, 6.07) is -0.798. The number of amides is 4. The van der Waals surface area contributed by atoms with Crippen molar-refractivity contribution in [2.24, 2.45) is 0 Å². The SMILES string of the molecule is CC.CC(=O)C1CCNC(=O)N1C.CC(=O)C1CNC(=O)N1C. The third-order valence-corrected chi connectivity index (χ3v) is 3.65. The molecule has 0 saturated carbocycles. The smallest absolute Gasteiger partial charge is 0.317 e. The van der Waals surface area contributed by atoms with E-state index in [-0.39, 0.29) is 35.7 Å². The second-order valence-electron chi connectivity index (χ2n) is 5.18. The molecule has 0 bridgehead atoms. The number of nitrogens with zero attached hydrogens (tertiary/aromatic N) is 2. The maximum absolute atomic E-state index is 11.0.